The molecule has 0 saturated carbocycles. The van der Waals surface area contributed by atoms with E-state index in [0.717, 1.165) is 19.3 Å². The molecule has 1 rings (SSSR count). The number of hydrogen-bond acceptors (Lipinski definition) is 3. The van der Waals surface area contributed by atoms with Crippen LogP contribution in [-0.2, 0) is 28.1 Å². The molecule has 0 aromatic carbocycles. The van der Waals surface area contributed by atoms with Gasteiger partial charge in [0.25, 0.3) is 0 Å². The molecule has 0 saturated heterocycles. The zero-order valence-electron chi connectivity index (χ0n) is 10.2. The van der Waals surface area contributed by atoms with Crippen LogP contribution in [0.25, 0.3) is 0 Å². The molecule has 92 valence electrons. The molecule has 2 N–H and O–H groups in total. The van der Waals surface area contributed by atoms with Gasteiger partial charge in [-0.3, -0.25) is 4.98 Å². The first kappa shape index (κ1) is 21.1. The first-order chi connectivity index (χ1) is 6.85. The molecule has 0 aliphatic carbocycles. The van der Waals surface area contributed by atoms with Gasteiger partial charge in [-0.25, -0.2) is 0 Å². The normalized spacial score (nSPS) is 7.94. The van der Waals surface area contributed by atoms with E-state index in [1.165, 1.54) is 5.56 Å². The summed E-state index contributed by atoms with van der Waals surface area (Å²) in [5.74, 6) is 0. The molecule has 1 heterocycles. The summed E-state index contributed by atoms with van der Waals surface area (Å²) in [6, 6.07) is 4.02. The number of aliphatic hydroxyl groups is 2. The van der Waals surface area contributed by atoms with Crippen molar-refractivity contribution in [1.29, 1.82) is 0 Å². The third-order valence-electron chi connectivity index (χ3n) is 1.62. The van der Waals surface area contributed by atoms with Crippen molar-refractivity contribution in [3.8, 4) is 0 Å². The maximum Gasteiger partial charge on any atom is 0.0431 e. The minimum Gasteiger partial charge on any atom is -0.397 e. The number of nitrogens with zero attached hydrogens (tertiary/aromatic N) is 1. The zero-order chi connectivity index (χ0) is 10.6. The van der Waals surface area contributed by atoms with Gasteiger partial charge in [-0.2, -0.15) is 0 Å². The molecular weight excluding hydrogens is 238 g/mol. The van der Waals surface area contributed by atoms with Crippen LogP contribution in [0.5, 0.6) is 0 Å². The fourth-order valence-corrected chi connectivity index (χ4v) is 0.990. The van der Waals surface area contributed by atoms with Crippen molar-refractivity contribution in [2.24, 2.45) is 0 Å². The van der Waals surface area contributed by atoms with Crippen LogP contribution >= 0.6 is 0 Å². The van der Waals surface area contributed by atoms with E-state index < -0.39 is 0 Å². The van der Waals surface area contributed by atoms with E-state index in [9.17, 15) is 0 Å². The molecular formula is C12H22NO2Ti-. The van der Waals surface area contributed by atoms with Crippen LogP contribution in [0.3, 0.4) is 0 Å². The maximum atomic E-state index is 8.53. The Kier molecular flexibility index (Phi) is 22.7. The minimum atomic E-state index is 0. The van der Waals surface area contributed by atoms with Crippen molar-refractivity contribution in [3.63, 3.8) is 0 Å². The molecule has 0 unspecified atom stereocenters. The smallest absolute Gasteiger partial charge is 0.0431 e. The van der Waals surface area contributed by atoms with E-state index in [1.54, 1.807) is 19.3 Å². The average molecular weight is 260 g/mol. The SMILES string of the molecule is CCO.OCCCCc1ccncc1.[CH3-].[Ti]. The summed E-state index contributed by atoms with van der Waals surface area (Å²) < 4.78 is 0. The molecule has 4 heteroatoms. The van der Waals surface area contributed by atoms with Crippen molar-refractivity contribution in [1.82, 2.24) is 4.98 Å². The van der Waals surface area contributed by atoms with Gasteiger partial charge >= 0.3 is 0 Å². The molecule has 0 aliphatic rings. The predicted octanol–water partition coefficient (Wildman–Crippen LogP) is 1.84. The second-order valence-corrected chi connectivity index (χ2v) is 2.85. The molecule has 0 amide bonds. The number of aliphatic hydroxyl groups excluding tert-OH is 2. The van der Waals surface area contributed by atoms with Crippen molar-refractivity contribution in [3.05, 3.63) is 37.5 Å². The molecule has 0 spiro atoms. The van der Waals surface area contributed by atoms with E-state index in [-0.39, 0.29) is 35.8 Å². The van der Waals surface area contributed by atoms with Crippen LogP contribution in [0.2, 0.25) is 0 Å². The number of hydrogen-bond donors (Lipinski definition) is 2. The minimum absolute atomic E-state index is 0. The standard InChI is InChI=1S/C9H13NO.C2H6O.CH3.Ti/c11-8-2-1-3-9-4-6-10-7-5-9;1-2-3;;/h4-7,11H,1-3,8H2;3H,2H2,1H3;1H3;/q;;-1;. The zero-order valence-corrected chi connectivity index (χ0v) is 11.7. The Morgan fingerprint density at radius 2 is 1.62 bits per heavy atom. The Balaban J connectivity index is -0.000000306. The first-order valence-electron chi connectivity index (χ1n) is 4.95. The summed E-state index contributed by atoms with van der Waals surface area (Å²) in [5.41, 5.74) is 1.30. The van der Waals surface area contributed by atoms with Crippen LogP contribution in [0.15, 0.2) is 24.5 Å². The Morgan fingerprint density at radius 3 is 2.06 bits per heavy atom. The molecule has 3 nitrogen and oxygen atoms in total. The Bertz CT molecular complexity index is 207. The second kappa shape index (κ2) is 17.2. The van der Waals surface area contributed by atoms with Gasteiger partial charge < -0.3 is 17.6 Å². The van der Waals surface area contributed by atoms with Crippen LogP contribution < -0.4 is 0 Å². The van der Waals surface area contributed by atoms with E-state index in [0.29, 0.717) is 6.61 Å². The van der Waals surface area contributed by atoms with E-state index in [4.69, 9.17) is 10.2 Å². The topological polar surface area (TPSA) is 53.4 Å². The quantitative estimate of drug-likeness (QED) is 0.493. The summed E-state index contributed by atoms with van der Waals surface area (Å²) >= 11 is 0. The van der Waals surface area contributed by atoms with Crippen molar-refractivity contribution >= 4 is 0 Å². The van der Waals surface area contributed by atoms with Gasteiger partial charge in [0, 0.05) is 47.3 Å². The molecule has 0 atom stereocenters. The molecule has 0 bridgehead atoms. The molecule has 0 fully saturated rings. The second-order valence-electron chi connectivity index (χ2n) is 2.85. The van der Waals surface area contributed by atoms with E-state index in [2.05, 4.69) is 4.98 Å². The van der Waals surface area contributed by atoms with Gasteiger partial charge in [0.05, 0.1) is 0 Å². The van der Waals surface area contributed by atoms with Crippen molar-refractivity contribution < 1.29 is 31.9 Å². The maximum absolute atomic E-state index is 8.53. The average Bonchev–Trinajstić information content (AvgIpc) is 2.21. The van der Waals surface area contributed by atoms with Crippen LogP contribution in [0.4, 0.5) is 0 Å². The predicted molar refractivity (Wildman–Crippen MR) is 63.4 cm³/mol. The van der Waals surface area contributed by atoms with Crippen LogP contribution in [0, 0.1) is 7.43 Å². The molecule has 16 heavy (non-hydrogen) atoms. The molecule has 1 aromatic rings. The van der Waals surface area contributed by atoms with Crippen LogP contribution in [-0.4, -0.2) is 28.4 Å². The van der Waals surface area contributed by atoms with E-state index >= 15 is 0 Å². The number of aromatic nitrogens is 1. The number of rotatable bonds is 4. The third kappa shape index (κ3) is 13.8. The summed E-state index contributed by atoms with van der Waals surface area (Å²) in [7, 11) is 0. The van der Waals surface area contributed by atoms with Gasteiger partial charge in [0.15, 0.2) is 0 Å². The van der Waals surface area contributed by atoms with Crippen molar-refractivity contribution in [2.45, 2.75) is 26.2 Å². The van der Waals surface area contributed by atoms with Gasteiger partial charge in [-0.1, -0.05) is 0 Å². The van der Waals surface area contributed by atoms with Gasteiger partial charge in [-0.05, 0) is 43.9 Å². The molecule has 0 radical (unpaired) electrons. The Morgan fingerprint density at radius 1 is 1.12 bits per heavy atom. The van der Waals surface area contributed by atoms with Crippen molar-refractivity contribution in [2.75, 3.05) is 13.2 Å². The van der Waals surface area contributed by atoms with E-state index in [1.807, 2.05) is 12.1 Å². The number of unbranched alkanes of at least 4 members (excludes halogenated alkanes) is 1. The Hall–Kier alpha value is -0.216. The van der Waals surface area contributed by atoms with Crippen LogP contribution in [0.1, 0.15) is 25.3 Å². The number of aryl methyl sites for hydroxylation is 1. The van der Waals surface area contributed by atoms with Gasteiger partial charge in [-0.15, -0.1) is 0 Å². The van der Waals surface area contributed by atoms with Gasteiger partial charge in [0.2, 0.25) is 0 Å². The summed E-state index contributed by atoms with van der Waals surface area (Å²) in [4.78, 5) is 3.92. The summed E-state index contributed by atoms with van der Waals surface area (Å²) in [6.07, 6.45) is 6.59. The largest absolute Gasteiger partial charge is 0.397 e. The fourth-order valence-electron chi connectivity index (χ4n) is 0.990. The summed E-state index contributed by atoms with van der Waals surface area (Å²) in [6.45, 7) is 2.23. The fraction of sp³-hybridized carbons (Fsp3) is 0.500. The molecule has 1 aromatic heterocycles. The molecule has 0 aliphatic heterocycles. The number of pyridine rings is 1. The first-order valence-corrected chi connectivity index (χ1v) is 4.95. The summed E-state index contributed by atoms with van der Waals surface area (Å²) in [5, 5.41) is 16.1. The van der Waals surface area contributed by atoms with Gasteiger partial charge in [0.1, 0.15) is 0 Å². The Labute approximate surface area is 114 Å². The monoisotopic (exact) mass is 260 g/mol. The third-order valence-corrected chi connectivity index (χ3v) is 1.62.